The maximum absolute atomic E-state index is 3.61. The zero-order chi connectivity index (χ0) is 13.7. The lowest BCUT2D eigenvalue weighted by Crippen LogP contribution is -2.56. The maximum atomic E-state index is 3.61. The van der Waals surface area contributed by atoms with Crippen molar-refractivity contribution in [3.05, 3.63) is 0 Å². The lowest BCUT2D eigenvalue weighted by Gasteiger charge is -2.42. The van der Waals surface area contributed by atoms with E-state index in [9.17, 15) is 0 Å². The fourth-order valence-corrected chi connectivity index (χ4v) is 3.54. The van der Waals surface area contributed by atoms with E-state index in [1.165, 1.54) is 58.4 Å². The number of hydrogen-bond acceptors (Lipinski definition) is 3. The maximum Gasteiger partial charge on any atom is 0.0224 e. The SMILES string of the molecule is CC(C)CCCNCCN1CC2CCCN2CC1C. The van der Waals surface area contributed by atoms with Gasteiger partial charge in [-0.3, -0.25) is 9.80 Å². The summed E-state index contributed by atoms with van der Waals surface area (Å²) < 4.78 is 0. The smallest absolute Gasteiger partial charge is 0.0224 e. The Bertz CT molecular complexity index is 254. The fourth-order valence-electron chi connectivity index (χ4n) is 3.54. The molecule has 0 aromatic carbocycles. The average molecular weight is 267 g/mol. The summed E-state index contributed by atoms with van der Waals surface area (Å²) in [7, 11) is 0. The van der Waals surface area contributed by atoms with Crippen LogP contribution in [0.2, 0.25) is 0 Å². The van der Waals surface area contributed by atoms with Gasteiger partial charge in [0.05, 0.1) is 0 Å². The van der Waals surface area contributed by atoms with E-state index in [1.807, 2.05) is 0 Å². The minimum Gasteiger partial charge on any atom is -0.315 e. The summed E-state index contributed by atoms with van der Waals surface area (Å²) in [6, 6.07) is 1.60. The molecule has 2 rings (SSSR count). The Morgan fingerprint density at radius 2 is 2.05 bits per heavy atom. The highest BCUT2D eigenvalue weighted by molar-refractivity contribution is 4.90. The lowest BCUT2D eigenvalue weighted by atomic mass is 10.1. The molecule has 2 aliphatic heterocycles. The molecule has 0 bridgehead atoms. The van der Waals surface area contributed by atoms with E-state index >= 15 is 0 Å². The molecule has 112 valence electrons. The molecular weight excluding hydrogens is 234 g/mol. The van der Waals surface area contributed by atoms with Crippen LogP contribution < -0.4 is 5.32 Å². The van der Waals surface area contributed by atoms with Gasteiger partial charge in [0.1, 0.15) is 0 Å². The lowest BCUT2D eigenvalue weighted by molar-refractivity contribution is 0.0604. The van der Waals surface area contributed by atoms with Gasteiger partial charge in [0.2, 0.25) is 0 Å². The Morgan fingerprint density at radius 3 is 2.84 bits per heavy atom. The van der Waals surface area contributed by atoms with Crippen LogP contribution in [-0.4, -0.2) is 61.2 Å². The molecule has 2 fully saturated rings. The fraction of sp³-hybridized carbons (Fsp3) is 1.00. The number of hydrogen-bond donors (Lipinski definition) is 1. The molecule has 19 heavy (non-hydrogen) atoms. The molecule has 3 heteroatoms. The van der Waals surface area contributed by atoms with E-state index in [0.29, 0.717) is 0 Å². The van der Waals surface area contributed by atoms with E-state index in [-0.39, 0.29) is 0 Å². The Balaban J connectivity index is 1.57. The van der Waals surface area contributed by atoms with Gasteiger partial charge in [0.15, 0.2) is 0 Å². The van der Waals surface area contributed by atoms with Crippen molar-refractivity contribution in [1.29, 1.82) is 0 Å². The van der Waals surface area contributed by atoms with Crippen LogP contribution in [0.4, 0.5) is 0 Å². The van der Waals surface area contributed by atoms with Crippen LogP contribution in [0.1, 0.15) is 46.5 Å². The first-order valence-corrected chi connectivity index (χ1v) is 8.35. The predicted octanol–water partition coefficient (Wildman–Crippen LogP) is 2.18. The van der Waals surface area contributed by atoms with E-state index < -0.39 is 0 Å². The monoisotopic (exact) mass is 267 g/mol. The highest BCUT2D eigenvalue weighted by atomic mass is 15.3. The third-order valence-corrected chi connectivity index (χ3v) is 4.78. The van der Waals surface area contributed by atoms with Crippen LogP contribution in [0.25, 0.3) is 0 Å². The number of piperazine rings is 1. The van der Waals surface area contributed by atoms with Gasteiger partial charge >= 0.3 is 0 Å². The van der Waals surface area contributed by atoms with Crippen molar-refractivity contribution in [2.24, 2.45) is 5.92 Å². The molecule has 0 amide bonds. The molecule has 0 aromatic rings. The Labute approximate surface area is 119 Å². The number of fused-ring (bicyclic) bond motifs is 1. The average Bonchev–Trinajstić information content (AvgIpc) is 2.80. The second-order valence-electron chi connectivity index (χ2n) is 6.92. The quantitative estimate of drug-likeness (QED) is 0.713. The zero-order valence-corrected chi connectivity index (χ0v) is 13.2. The first-order valence-electron chi connectivity index (χ1n) is 8.35. The van der Waals surface area contributed by atoms with Gasteiger partial charge in [-0.2, -0.15) is 0 Å². The molecule has 2 heterocycles. The molecule has 2 unspecified atom stereocenters. The highest BCUT2D eigenvalue weighted by Crippen LogP contribution is 2.24. The van der Waals surface area contributed by atoms with Crippen LogP contribution >= 0.6 is 0 Å². The molecule has 0 radical (unpaired) electrons. The molecule has 3 nitrogen and oxygen atoms in total. The highest BCUT2D eigenvalue weighted by Gasteiger charge is 2.33. The second kappa shape index (κ2) is 7.61. The van der Waals surface area contributed by atoms with Gasteiger partial charge in [-0.1, -0.05) is 13.8 Å². The van der Waals surface area contributed by atoms with Crippen molar-refractivity contribution in [2.45, 2.75) is 58.5 Å². The molecule has 2 saturated heterocycles. The summed E-state index contributed by atoms with van der Waals surface area (Å²) in [5.74, 6) is 0.845. The van der Waals surface area contributed by atoms with E-state index in [0.717, 1.165) is 24.5 Å². The Hall–Kier alpha value is -0.120. The molecule has 1 N–H and O–H groups in total. The minimum absolute atomic E-state index is 0.742. The van der Waals surface area contributed by atoms with E-state index in [4.69, 9.17) is 0 Å². The van der Waals surface area contributed by atoms with E-state index in [2.05, 4.69) is 35.9 Å². The Morgan fingerprint density at radius 1 is 1.21 bits per heavy atom. The summed E-state index contributed by atoms with van der Waals surface area (Å²) in [6.07, 6.45) is 5.51. The number of nitrogens with zero attached hydrogens (tertiary/aromatic N) is 2. The predicted molar refractivity (Wildman–Crippen MR) is 82.6 cm³/mol. The summed E-state index contributed by atoms with van der Waals surface area (Å²) in [4.78, 5) is 5.40. The third kappa shape index (κ3) is 4.73. The standard InChI is InChI=1S/C16H33N3/c1-14(2)6-4-8-17-9-11-18-13-16-7-5-10-19(16)12-15(18)3/h14-17H,4-13H2,1-3H3. The second-order valence-corrected chi connectivity index (χ2v) is 6.92. The van der Waals surface area contributed by atoms with Crippen molar-refractivity contribution >= 4 is 0 Å². The van der Waals surface area contributed by atoms with Crippen molar-refractivity contribution in [1.82, 2.24) is 15.1 Å². The van der Waals surface area contributed by atoms with Gasteiger partial charge in [0.25, 0.3) is 0 Å². The van der Waals surface area contributed by atoms with Gasteiger partial charge in [-0.05, 0) is 51.6 Å². The normalized spacial score (nSPS) is 29.1. The van der Waals surface area contributed by atoms with Crippen LogP contribution in [0, 0.1) is 5.92 Å². The van der Waals surface area contributed by atoms with Gasteiger partial charge < -0.3 is 5.32 Å². The van der Waals surface area contributed by atoms with Crippen LogP contribution in [0.3, 0.4) is 0 Å². The summed E-state index contributed by atoms with van der Waals surface area (Å²) >= 11 is 0. The van der Waals surface area contributed by atoms with E-state index in [1.54, 1.807) is 0 Å². The third-order valence-electron chi connectivity index (χ3n) is 4.78. The topological polar surface area (TPSA) is 18.5 Å². The zero-order valence-electron chi connectivity index (χ0n) is 13.2. The molecule has 0 saturated carbocycles. The first-order chi connectivity index (χ1) is 9.16. The number of rotatable bonds is 7. The van der Waals surface area contributed by atoms with Crippen molar-refractivity contribution in [3.63, 3.8) is 0 Å². The summed E-state index contributed by atoms with van der Waals surface area (Å²) in [6.45, 7) is 14.5. The van der Waals surface area contributed by atoms with Gasteiger partial charge in [-0.15, -0.1) is 0 Å². The van der Waals surface area contributed by atoms with Crippen LogP contribution in [0.5, 0.6) is 0 Å². The van der Waals surface area contributed by atoms with Crippen molar-refractivity contribution in [2.75, 3.05) is 39.3 Å². The summed E-state index contributed by atoms with van der Waals surface area (Å²) in [5, 5.41) is 3.61. The summed E-state index contributed by atoms with van der Waals surface area (Å²) in [5.41, 5.74) is 0. The molecular formula is C16H33N3. The molecule has 0 aromatic heterocycles. The molecule has 0 spiro atoms. The van der Waals surface area contributed by atoms with Gasteiger partial charge in [-0.25, -0.2) is 0 Å². The van der Waals surface area contributed by atoms with Crippen LogP contribution in [-0.2, 0) is 0 Å². The first kappa shape index (κ1) is 15.3. The number of nitrogens with one attached hydrogen (secondary N) is 1. The molecule has 0 aliphatic carbocycles. The molecule has 2 atom stereocenters. The van der Waals surface area contributed by atoms with Crippen LogP contribution in [0.15, 0.2) is 0 Å². The van der Waals surface area contributed by atoms with Crippen molar-refractivity contribution < 1.29 is 0 Å². The largest absolute Gasteiger partial charge is 0.315 e. The van der Waals surface area contributed by atoms with Gasteiger partial charge in [0, 0.05) is 38.3 Å². The molecule has 2 aliphatic rings. The minimum atomic E-state index is 0.742. The van der Waals surface area contributed by atoms with Crippen molar-refractivity contribution in [3.8, 4) is 0 Å². The Kier molecular flexibility index (Phi) is 6.11.